The van der Waals surface area contributed by atoms with Crippen molar-refractivity contribution in [2.45, 2.75) is 6.61 Å². The number of hydrogen-bond donors (Lipinski definition) is 1. The monoisotopic (exact) mass is 349 g/mol. The quantitative estimate of drug-likeness (QED) is 0.759. The third-order valence-electron chi connectivity index (χ3n) is 3.17. The Morgan fingerprint density at radius 2 is 1.92 bits per heavy atom. The van der Waals surface area contributed by atoms with E-state index >= 15 is 0 Å². The second kappa shape index (κ2) is 7.04. The number of amides is 1. The Morgan fingerprint density at radius 1 is 1.16 bits per heavy atom. The number of halogens is 3. The van der Waals surface area contributed by atoms with Gasteiger partial charge in [-0.1, -0.05) is 17.3 Å². The van der Waals surface area contributed by atoms with E-state index in [-0.39, 0.29) is 5.69 Å². The summed E-state index contributed by atoms with van der Waals surface area (Å²) in [6.45, 7) is -3.13. The third kappa shape index (κ3) is 3.94. The zero-order chi connectivity index (χ0) is 17.8. The van der Waals surface area contributed by atoms with Gasteiger partial charge in [-0.15, -0.1) is 0 Å². The Labute approximate surface area is 139 Å². The van der Waals surface area contributed by atoms with Crippen molar-refractivity contribution in [1.29, 1.82) is 0 Å². The maximum absolute atomic E-state index is 13.6. The summed E-state index contributed by atoms with van der Waals surface area (Å²) < 4.78 is 46.5. The molecule has 0 unspecified atom stereocenters. The second-order valence-electron chi connectivity index (χ2n) is 4.81. The van der Waals surface area contributed by atoms with E-state index in [1.54, 1.807) is 12.1 Å². The van der Waals surface area contributed by atoms with E-state index in [9.17, 15) is 18.0 Å². The Morgan fingerprint density at radius 3 is 2.52 bits per heavy atom. The molecule has 3 rings (SSSR count). The summed E-state index contributed by atoms with van der Waals surface area (Å²) in [6.07, 6.45) is 1.19. The van der Waals surface area contributed by atoms with Crippen molar-refractivity contribution in [2.24, 2.45) is 0 Å². The molecular formula is C16H10F3N3O3. The number of alkyl halides is 2. The fraction of sp³-hybridized carbons (Fsp3) is 0.0625. The van der Waals surface area contributed by atoms with E-state index in [1.807, 2.05) is 0 Å². The van der Waals surface area contributed by atoms with Gasteiger partial charge in [0.15, 0.2) is 11.6 Å². The standard InChI is InChI=1S/C16H10F3N3O3/c17-12-7-11(5-6-13(12)25-16(18)19)21-15(23)10-3-1-9(2-4-10)14-20-8-24-22-14/h1-8,16H,(H,21,23). The lowest BCUT2D eigenvalue weighted by Gasteiger charge is -2.09. The van der Waals surface area contributed by atoms with Crippen LogP contribution in [0.5, 0.6) is 5.75 Å². The average Bonchev–Trinajstić information content (AvgIpc) is 3.12. The summed E-state index contributed by atoms with van der Waals surface area (Å²) >= 11 is 0. The van der Waals surface area contributed by atoms with Gasteiger partial charge in [-0.25, -0.2) is 4.39 Å². The SMILES string of the molecule is O=C(Nc1ccc(OC(F)F)c(F)c1)c1ccc(-c2ncon2)cc1. The topological polar surface area (TPSA) is 77.2 Å². The van der Waals surface area contributed by atoms with Crippen LogP contribution < -0.4 is 10.1 Å². The van der Waals surface area contributed by atoms with Crippen molar-refractivity contribution < 1.29 is 27.2 Å². The van der Waals surface area contributed by atoms with Gasteiger partial charge in [0.25, 0.3) is 5.91 Å². The van der Waals surface area contributed by atoms with Crippen LogP contribution in [0.2, 0.25) is 0 Å². The molecule has 9 heteroatoms. The molecule has 0 aliphatic heterocycles. The van der Waals surface area contributed by atoms with Gasteiger partial charge < -0.3 is 14.6 Å². The largest absolute Gasteiger partial charge is 0.432 e. The Balaban J connectivity index is 1.70. The highest BCUT2D eigenvalue weighted by atomic mass is 19.3. The first-order valence-electron chi connectivity index (χ1n) is 6.95. The number of carbonyl (C=O) groups excluding carboxylic acids is 1. The number of carbonyl (C=O) groups is 1. The molecule has 2 aromatic carbocycles. The molecule has 0 aliphatic carbocycles. The lowest BCUT2D eigenvalue weighted by Crippen LogP contribution is -2.12. The molecule has 1 heterocycles. The van der Waals surface area contributed by atoms with Gasteiger partial charge in [0.2, 0.25) is 12.2 Å². The number of benzene rings is 2. The smallest absolute Gasteiger partial charge is 0.387 e. The van der Waals surface area contributed by atoms with Crippen molar-refractivity contribution >= 4 is 11.6 Å². The lowest BCUT2D eigenvalue weighted by molar-refractivity contribution is -0.0521. The van der Waals surface area contributed by atoms with E-state index < -0.39 is 24.1 Å². The van der Waals surface area contributed by atoms with Gasteiger partial charge in [-0.2, -0.15) is 13.8 Å². The summed E-state index contributed by atoms with van der Waals surface area (Å²) in [5, 5.41) is 6.14. The van der Waals surface area contributed by atoms with Crippen LogP contribution in [0.1, 0.15) is 10.4 Å². The van der Waals surface area contributed by atoms with Crippen molar-refractivity contribution in [3.8, 4) is 17.1 Å². The van der Waals surface area contributed by atoms with Crippen molar-refractivity contribution in [3.05, 3.63) is 60.2 Å². The fourth-order valence-corrected chi connectivity index (χ4v) is 2.04. The number of anilines is 1. The highest BCUT2D eigenvalue weighted by Crippen LogP contribution is 2.23. The minimum atomic E-state index is -3.13. The number of aromatic nitrogens is 2. The van der Waals surface area contributed by atoms with Crippen LogP contribution in [-0.4, -0.2) is 22.7 Å². The van der Waals surface area contributed by atoms with Crippen molar-refractivity contribution in [3.63, 3.8) is 0 Å². The summed E-state index contributed by atoms with van der Waals surface area (Å²) in [6, 6.07) is 9.48. The molecule has 3 aromatic rings. The molecular weight excluding hydrogens is 339 g/mol. The fourth-order valence-electron chi connectivity index (χ4n) is 2.04. The maximum atomic E-state index is 13.6. The molecule has 0 aliphatic rings. The van der Waals surface area contributed by atoms with Gasteiger partial charge in [-0.05, 0) is 24.3 Å². The third-order valence-corrected chi connectivity index (χ3v) is 3.17. The molecule has 1 aromatic heterocycles. The molecule has 0 bridgehead atoms. The van der Waals surface area contributed by atoms with Crippen LogP contribution in [-0.2, 0) is 0 Å². The molecule has 0 fully saturated rings. The maximum Gasteiger partial charge on any atom is 0.387 e. The van der Waals surface area contributed by atoms with E-state index in [0.717, 1.165) is 12.1 Å². The van der Waals surface area contributed by atoms with E-state index in [2.05, 4.69) is 24.7 Å². The summed E-state index contributed by atoms with van der Waals surface area (Å²) in [4.78, 5) is 16.0. The first kappa shape index (κ1) is 16.5. The van der Waals surface area contributed by atoms with Gasteiger partial charge >= 0.3 is 6.61 Å². The zero-order valence-corrected chi connectivity index (χ0v) is 12.4. The number of ether oxygens (including phenoxy) is 1. The van der Waals surface area contributed by atoms with Crippen molar-refractivity contribution in [1.82, 2.24) is 10.1 Å². The van der Waals surface area contributed by atoms with Crippen LogP contribution >= 0.6 is 0 Å². The van der Waals surface area contributed by atoms with E-state index in [4.69, 9.17) is 0 Å². The average molecular weight is 349 g/mol. The minimum absolute atomic E-state index is 0.103. The van der Waals surface area contributed by atoms with E-state index in [1.165, 1.54) is 24.6 Å². The summed E-state index contributed by atoms with van der Waals surface area (Å²) in [5.41, 5.74) is 1.07. The Kier molecular flexibility index (Phi) is 4.64. The zero-order valence-electron chi connectivity index (χ0n) is 12.4. The first-order valence-corrected chi connectivity index (χ1v) is 6.95. The number of nitrogens with one attached hydrogen (secondary N) is 1. The molecule has 0 saturated carbocycles. The molecule has 6 nitrogen and oxygen atoms in total. The summed E-state index contributed by atoms with van der Waals surface area (Å²) in [7, 11) is 0. The number of nitrogens with zero attached hydrogens (tertiary/aromatic N) is 2. The predicted octanol–water partition coefficient (Wildman–Crippen LogP) is 3.73. The van der Waals surface area contributed by atoms with Gasteiger partial charge in [0, 0.05) is 22.9 Å². The van der Waals surface area contributed by atoms with Crippen LogP contribution in [0.4, 0.5) is 18.9 Å². The minimum Gasteiger partial charge on any atom is -0.432 e. The molecule has 1 amide bonds. The highest BCUT2D eigenvalue weighted by Gasteiger charge is 2.12. The number of rotatable bonds is 5. The number of hydrogen-bond acceptors (Lipinski definition) is 5. The molecule has 0 atom stereocenters. The van der Waals surface area contributed by atoms with Crippen molar-refractivity contribution in [2.75, 3.05) is 5.32 Å². The first-order chi connectivity index (χ1) is 12.0. The lowest BCUT2D eigenvalue weighted by atomic mass is 10.1. The van der Waals surface area contributed by atoms with Gasteiger partial charge in [0.1, 0.15) is 0 Å². The molecule has 128 valence electrons. The Hall–Kier alpha value is -3.36. The molecule has 0 saturated heterocycles. The molecule has 25 heavy (non-hydrogen) atoms. The van der Waals surface area contributed by atoms with E-state index in [0.29, 0.717) is 17.0 Å². The van der Waals surface area contributed by atoms with Gasteiger partial charge in [0.05, 0.1) is 0 Å². The van der Waals surface area contributed by atoms with Crippen LogP contribution in [0.25, 0.3) is 11.4 Å². The van der Waals surface area contributed by atoms with Crippen LogP contribution in [0.3, 0.4) is 0 Å². The second-order valence-corrected chi connectivity index (χ2v) is 4.81. The molecule has 0 radical (unpaired) electrons. The predicted molar refractivity (Wildman–Crippen MR) is 80.7 cm³/mol. The highest BCUT2D eigenvalue weighted by molar-refractivity contribution is 6.04. The van der Waals surface area contributed by atoms with Crippen LogP contribution in [0.15, 0.2) is 53.4 Å². The van der Waals surface area contributed by atoms with Crippen LogP contribution in [0, 0.1) is 5.82 Å². The van der Waals surface area contributed by atoms with Gasteiger partial charge in [-0.3, -0.25) is 4.79 Å². The Bertz CT molecular complexity index is 868. The molecule has 0 spiro atoms. The summed E-state index contributed by atoms with van der Waals surface area (Å²) in [5.74, 6) is -1.73. The normalized spacial score (nSPS) is 10.7. The molecule has 1 N–H and O–H groups in total.